The van der Waals surface area contributed by atoms with E-state index in [1.54, 1.807) is 0 Å². The van der Waals surface area contributed by atoms with E-state index in [0.29, 0.717) is 11.8 Å². The summed E-state index contributed by atoms with van der Waals surface area (Å²) < 4.78 is 5.97. The number of nitrogens with one attached hydrogen (secondary N) is 1. The van der Waals surface area contributed by atoms with Crippen molar-refractivity contribution in [2.45, 2.75) is 65.2 Å². The molecule has 2 rings (SSSR count). The molecule has 1 unspecified atom stereocenters. The molecule has 0 aliphatic heterocycles. The summed E-state index contributed by atoms with van der Waals surface area (Å²) in [6, 6.07) is 1.93. The van der Waals surface area contributed by atoms with Crippen molar-refractivity contribution in [2.75, 3.05) is 18.5 Å². The van der Waals surface area contributed by atoms with Crippen molar-refractivity contribution in [3.63, 3.8) is 0 Å². The first-order valence-corrected chi connectivity index (χ1v) is 8.52. The van der Waals surface area contributed by atoms with Gasteiger partial charge in [-0.05, 0) is 32.1 Å². The number of unbranched alkanes of at least 4 members (excludes halogenated alkanes) is 1. The smallest absolute Gasteiger partial charge is 0.218 e. The van der Waals surface area contributed by atoms with E-state index in [4.69, 9.17) is 4.74 Å². The Balaban J connectivity index is 1.97. The topological polar surface area (TPSA) is 47.0 Å². The SMILES string of the molecule is CCCCC(CC)COc1cc(NCC)nc(C2CC2)n1. The number of hydrogen-bond donors (Lipinski definition) is 1. The highest BCUT2D eigenvalue weighted by Crippen LogP contribution is 2.39. The number of ether oxygens (including phenoxy) is 1. The van der Waals surface area contributed by atoms with Crippen molar-refractivity contribution in [3.8, 4) is 5.88 Å². The first-order chi connectivity index (χ1) is 10.3. The van der Waals surface area contributed by atoms with Crippen LogP contribution in [0.3, 0.4) is 0 Å². The summed E-state index contributed by atoms with van der Waals surface area (Å²) in [4.78, 5) is 9.17. The van der Waals surface area contributed by atoms with Gasteiger partial charge in [0.1, 0.15) is 11.6 Å². The maximum absolute atomic E-state index is 5.97. The molecule has 1 heterocycles. The molecule has 1 fully saturated rings. The normalized spacial score (nSPS) is 15.8. The quantitative estimate of drug-likeness (QED) is 0.695. The van der Waals surface area contributed by atoms with E-state index >= 15 is 0 Å². The number of anilines is 1. The lowest BCUT2D eigenvalue weighted by Gasteiger charge is -2.16. The summed E-state index contributed by atoms with van der Waals surface area (Å²) in [5.74, 6) is 3.76. The van der Waals surface area contributed by atoms with Gasteiger partial charge < -0.3 is 10.1 Å². The number of nitrogens with zero attached hydrogens (tertiary/aromatic N) is 2. The van der Waals surface area contributed by atoms with Crippen LogP contribution in [0.1, 0.15) is 71.0 Å². The predicted molar refractivity (Wildman–Crippen MR) is 87.0 cm³/mol. The van der Waals surface area contributed by atoms with E-state index in [2.05, 4.69) is 36.1 Å². The van der Waals surface area contributed by atoms with Crippen molar-refractivity contribution in [2.24, 2.45) is 5.92 Å². The molecule has 1 atom stereocenters. The van der Waals surface area contributed by atoms with Gasteiger partial charge in [0.2, 0.25) is 5.88 Å². The monoisotopic (exact) mass is 291 g/mol. The Morgan fingerprint density at radius 3 is 2.71 bits per heavy atom. The Morgan fingerprint density at radius 2 is 2.10 bits per heavy atom. The van der Waals surface area contributed by atoms with Crippen molar-refractivity contribution in [1.29, 1.82) is 0 Å². The molecule has 4 heteroatoms. The van der Waals surface area contributed by atoms with Gasteiger partial charge in [-0.15, -0.1) is 0 Å². The molecule has 0 bridgehead atoms. The molecule has 0 radical (unpaired) electrons. The molecule has 1 N–H and O–H groups in total. The fourth-order valence-electron chi connectivity index (χ4n) is 2.41. The van der Waals surface area contributed by atoms with Crippen LogP contribution in [0.25, 0.3) is 0 Å². The molecule has 1 aliphatic carbocycles. The van der Waals surface area contributed by atoms with Crippen molar-refractivity contribution < 1.29 is 4.74 Å². The van der Waals surface area contributed by atoms with Crippen LogP contribution in [-0.4, -0.2) is 23.1 Å². The summed E-state index contributed by atoms with van der Waals surface area (Å²) in [6.07, 6.45) is 7.36. The fraction of sp³-hybridized carbons (Fsp3) is 0.765. The molecule has 0 aromatic carbocycles. The third kappa shape index (κ3) is 5.18. The van der Waals surface area contributed by atoms with Gasteiger partial charge in [0.25, 0.3) is 0 Å². The second-order valence-electron chi connectivity index (χ2n) is 5.98. The molecular formula is C17H29N3O. The summed E-state index contributed by atoms with van der Waals surface area (Å²) >= 11 is 0. The van der Waals surface area contributed by atoms with E-state index in [9.17, 15) is 0 Å². The number of rotatable bonds is 10. The van der Waals surface area contributed by atoms with Crippen LogP contribution in [-0.2, 0) is 0 Å². The lowest BCUT2D eigenvalue weighted by atomic mass is 10.0. The largest absolute Gasteiger partial charge is 0.477 e. The molecule has 4 nitrogen and oxygen atoms in total. The van der Waals surface area contributed by atoms with Crippen LogP contribution in [0, 0.1) is 5.92 Å². The minimum absolute atomic E-state index is 0.549. The Bertz CT molecular complexity index is 432. The van der Waals surface area contributed by atoms with Crippen LogP contribution in [0.15, 0.2) is 6.07 Å². The van der Waals surface area contributed by atoms with Gasteiger partial charge in [-0.3, -0.25) is 0 Å². The standard InChI is InChI=1S/C17H29N3O/c1-4-7-8-13(5-2)12-21-16-11-15(18-6-3)19-17(20-16)14-9-10-14/h11,13-14H,4-10,12H2,1-3H3,(H,18,19,20). The summed E-state index contributed by atoms with van der Waals surface area (Å²) in [5.41, 5.74) is 0. The lowest BCUT2D eigenvalue weighted by Crippen LogP contribution is -2.13. The summed E-state index contributed by atoms with van der Waals surface area (Å²) in [7, 11) is 0. The molecule has 0 amide bonds. The van der Waals surface area contributed by atoms with E-state index in [0.717, 1.165) is 30.7 Å². The maximum Gasteiger partial charge on any atom is 0.218 e. The van der Waals surface area contributed by atoms with Crippen LogP contribution in [0.5, 0.6) is 5.88 Å². The second kappa shape index (κ2) is 8.20. The van der Waals surface area contributed by atoms with E-state index in [1.165, 1.54) is 38.5 Å². The molecule has 1 aromatic heterocycles. The molecule has 21 heavy (non-hydrogen) atoms. The van der Waals surface area contributed by atoms with E-state index < -0.39 is 0 Å². The maximum atomic E-state index is 5.97. The molecule has 0 saturated heterocycles. The summed E-state index contributed by atoms with van der Waals surface area (Å²) in [5, 5.41) is 3.28. The molecule has 118 valence electrons. The molecule has 1 aromatic rings. The van der Waals surface area contributed by atoms with Gasteiger partial charge >= 0.3 is 0 Å². The zero-order valence-electron chi connectivity index (χ0n) is 13.7. The van der Waals surface area contributed by atoms with E-state index in [1.807, 2.05) is 6.07 Å². The third-order valence-electron chi connectivity index (χ3n) is 4.03. The Hall–Kier alpha value is -1.32. The Morgan fingerprint density at radius 1 is 1.29 bits per heavy atom. The highest BCUT2D eigenvalue weighted by Gasteiger charge is 2.27. The van der Waals surface area contributed by atoms with Gasteiger partial charge in [-0.25, -0.2) is 4.98 Å². The van der Waals surface area contributed by atoms with E-state index in [-0.39, 0.29) is 0 Å². The molecule has 1 aliphatic rings. The van der Waals surface area contributed by atoms with Gasteiger partial charge in [-0.1, -0.05) is 33.1 Å². The zero-order valence-corrected chi connectivity index (χ0v) is 13.7. The van der Waals surface area contributed by atoms with Gasteiger partial charge in [0.15, 0.2) is 0 Å². The summed E-state index contributed by atoms with van der Waals surface area (Å²) in [6.45, 7) is 8.20. The first-order valence-electron chi connectivity index (χ1n) is 8.52. The molecular weight excluding hydrogens is 262 g/mol. The van der Waals surface area contributed by atoms with Crippen LogP contribution >= 0.6 is 0 Å². The lowest BCUT2D eigenvalue weighted by molar-refractivity contribution is 0.225. The minimum Gasteiger partial charge on any atom is -0.477 e. The van der Waals surface area contributed by atoms with Crippen molar-refractivity contribution in [3.05, 3.63) is 11.9 Å². The van der Waals surface area contributed by atoms with Gasteiger partial charge in [0, 0.05) is 18.5 Å². The van der Waals surface area contributed by atoms with Gasteiger partial charge in [-0.2, -0.15) is 4.98 Å². The second-order valence-corrected chi connectivity index (χ2v) is 5.98. The van der Waals surface area contributed by atoms with Crippen LogP contribution in [0.4, 0.5) is 5.82 Å². The highest BCUT2D eigenvalue weighted by atomic mass is 16.5. The highest BCUT2D eigenvalue weighted by molar-refractivity contribution is 5.39. The average molecular weight is 291 g/mol. The van der Waals surface area contributed by atoms with Crippen LogP contribution in [0.2, 0.25) is 0 Å². The predicted octanol–water partition coefficient (Wildman–Crippen LogP) is 4.38. The molecule has 0 spiro atoms. The zero-order chi connectivity index (χ0) is 15.1. The Labute approximate surface area is 128 Å². The van der Waals surface area contributed by atoms with Crippen molar-refractivity contribution in [1.82, 2.24) is 9.97 Å². The minimum atomic E-state index is 0.549. The Kier molecular flexibility index (Phi) is 6.27. The fourth-order valence-corrected chi connectivity index (χ4v) is 2.41. The number of aromatic nitrogens is 2. The molecule has 1 saturated carbocycles. The van der Waals surface area contributed by atoms with Crippen LogP contribution < -0.4 is 10.1 Å². The van der Waals surface area contributed by atoms with Crippen molar-refractivity contribution >= 4 is 5.82 Å². The third-order valence-corrected chi connectivity index (χ3v) is 4.03. The first kappa shape index (κ1) is 16.1. The average Bonchev–Trinajstić information content (AvgIpc) is 3.32. The number of hydrogen-bond acceptors (Lipinski definition) is 4. The van der Waals surface area contributed by atoms with Gasteiger partial charge in [0.05, 0.1) is 6.61 Å².